The Kier molecular flexibility index (Phi) is 5.55. The smallest absolute Gasteiger partial charge is 0.165 e. The van der Waals surface area contributed by atoms with Crippen molar-refractivity contribution in [2.24, 2.45) is 0 Å². The molecule has 0 aromatic heterocycles. The van der Waals surface area contributed by atoms with Crippen LogP contribution >= 0.6 is 0 Å². The Hall–Kier alpha value is -2.10. The second kappa shape index (κ2) is 7.62. The van der Waals surface area contributed by atoms with E-state index in [1.165, 1.54) is 12.1 Å². The maximum absolute atomic E-state index is 13.4. The molecule has 2 nitrogen and oxygen atoms in total. The molecule has 0 fully saturated rings. The zero-order chi connectivity index (χ0) is 15.1. The molecule has 0 spiro atoms. The summed E-state index contributed by atoms with van der Waals surface area (Å²) in [6.45, 7) is 2.65. The molecule has 0 aliphatic rings. The third-order valence-corrected chi connectivity index (χ3v) is 3.00. The number of halogens is 2. The first kappa shape index (κ1) is 15.3. The van der Waals surface area contributed by atoms with Gasteiger partial charge in [-0.1, -0.05) is 18.2 Å². The van der Waals surface area contributed by atoms with Crippen molar-refractivity contribution in [2.75, 3.05) is 13.2 Å². The van der Waals surface area contributed by atoms with E-state index >= 15 is 0 Å². The van der Waals surface area contributed by atoms with E-state index in [4.69, 9.17) is 9.47 Å². The number of hydrogen-bond acceptors (Lipinski definition) is 2. The van der Waals surface area contributed by atoms with Crippen LogP contribution in [0.25, 0.3) is 0 Å². The van der Waals surface area contributed by atoms with E-state index in [2.05, 4.69) is 0 Å². The van der Waals surface area contributed by atoms with E-state index in [-0.39, 0.29) is 23.1 Å². The van der Waals surface area contributed by atoms with Crippen LogP contribution in [0, 0.1) is 11.6 Å². The molecule has 2 aromatic carbocycles. The molecule has 2 aromatic rings. The van der Waals surface area contributed by atoms with Crippen LogP contribution in [0.5, 0.6) is 11.5 Å². The average Bonchev–Trinajstić information content (AvgIpc) is 2.49. The summed E-state index contributed by atoms with van der Waals surface area (Å²) in [5, 5.41) is 0. The highest BCUT2D eigenvalue weighted by atomic mass is 19.1. The van der Waals surface area contributed by atoms with Gasteiger partial charge in [0.25, 0.3) is 0 Å². The zero-order valence-electron chi connectivity index (χ0n) is 11.9. The van der Waals surface area contributed by atoms with Crippen molar-refractivity contribution in [3.05, 3.63) is 59.7 Å². The monoisotopic (exact) mass is 292 g/mol. The number of hydrogen-bond donors (Lipinski definition) is 0. The van der Waals surface area contributed by atoms with E-state index in [1.54, 1.807) is 30.3 Å². The molecule has 0 bridgehead atoms. The summed E-state index contributed by atoms with van der Waals surface area (Å²) in [4.78, 5) is 0. The van der Waals surface area contributed by atoms with Gasteiger partial charge in [0.1, 0.15) is 0 Å². The lowest BCUT2D eigenvalue weighted by atomic mass is 10.1. The zero-order valence-corrected chi connectivity index (χ0v) is 11.9. The van der Waals surface area contributed by atoms with Crippen LogP contribution in [0.4, 0.5) is 8.78 Å². The van der Waals surface area contributed by atoms with E-state index in [0.29, 0.717) is 19.6 Å². The highest BCUT2D eigenvalue weighted by molar-refractivity contribution is 5.30. The molecule has 0 heterocycles. The maximum Gasteiger partial charge on any atom is 0.165 e. The quantitative estimate of drug-likeness (QED) is 0.705. The first-order chi connectivity index (χ1) is 10.2. The molecular weight excluding hydrogens is 274 g/mol. The molecule has 21 heavy (non-hydrogen) atoms. The van der Waals surface area contributed by atoms with Gasteiger partial charge in [-0.05, 0) is 49.6 Å². The molecule has 0 saturated carbocycles. The predicted octanol–water partition coefficient (Wildman–Crippen LogP) is 4.38. The van der Waals surface area contributed by atoms with Gasteiger partial charge in [0.15, 0.2) is 23.1 Å². The molecule has 112 valence electrons. The van der Waals surface area contributed by atoms with Crippen LogP contribution < -0.4 is 9.47 Å². The fourth-order valence-electron chi connectivity index (χ4n) is 1.99. The van der Waals surface area contributed by atoms with Crippen LogP contribution in [0.1, 0.15) is 18.9 Å². The average molecular weight is 292 g/mol. The van der Waals surface area contributed by atoms with Gasteiger partial charge in [0.2, 0.25) is 0 Å². The predicted molar refractivity (Wildman–Crippen MR) is 77.8 cm³/mol. The SMILES string of the molecule is CCOc1cc(CCCOc2ccccc2F)ccc1F. The minimum atomic E-state index is -0.363. The van der Waals surface area contributed by atoms with Gasteiger partial charge in [-0.15, -0.1) is 0 Å². The fourth-order valence-corrected chi connectivity index (χ4v) is 1.99. The molecule has 0 aliphatic carbocycles. The van der Waals surface area contributed by atoms with Gasteiger partial charge in [0, 0.05) is 0 Å². The molecule has 2 rings (SSSR count). The Morgan fingerprint density at radius 3 is 2.43 bits per heavy atom. The second-order valence-electron chi connectivity index (χ2n) is 4.58. The summed E-state index contributed by atoms with van der Waals surface area (Å²) in [5.41, 5.74) is 0.969. The van der Waals surface area contributed by atoms with Crippen LogP contribution in [0.3, 0.4) is 0 Å². The lowest BCUT2D eigenvalue weighted by Crippen LogP contribution is -2.01. The molecule has 0 amide bonds. The van der Waals surface area contributed by atoms with Crippen LogP contribution in [-0.2, 0) is 6.42 Å². The van der Waals surface area contributed by atoms with Crippen molar-refractivity contribution in [1.82, 2.24) is 0 Å². The molecule has 0 unspecified atom stereocenters. The van der Waals surface area contributed by atoms with E-state index in [1.807, 2.05) is 6.92 Å². The minimum absolute atomic E-state index is 0.256. The third kappa shape index (κ3) is 4.45. The normalized spacial score (nSPS) is 10.4. The Balaban J connectivity index is 1.83. The van der Waals surface area contributed by atoms with Crippen molar-refractivity contribution in [3.63, 3.8) is 0 Å². The number of benzene rings is 2. The topological polar surface area (TPSA) is 18.5 Å². The van der Waals surface area contributed by atoms with Crippen molar-refractivity contribution in [3.8, 4) is 11.5 Å². The summed E-state index contributed by atoms with van der Waals surface area (Å²) < 4.78 is 37.4. The molecule has 0 N–H and O–H groups in total. The Morgan fingerprint density at radius 1 is 0.905 bits per heavy atom. The summed E-state index contributed by atoms with van der Waals surface area (Å²) in [6.07, 6.45) is 1.43. The summed E-state index contributed by atoms with van der Waals surface area (Å²) in [5.74, 6) is -0.197. The molecule has 0 atom stereocenters. The Morgan fingerprint density at radius 2 is 1.67 bits per heavy atom. The van der Waals surface area contributed by atoms with E-state index in [9.17, 15) is 8.78 Å². The minimum Gasteiger partial charge on any atom is -0.491 e. The van der Waals surface area contributed by atoms with Crippen molar-refractivity contribution in [1.29, 1.82) is 0 Å². The number of para-hydroxylation sites is 1. The lowest BCUT2D eigenvalue weighted by Gasteiger charge is -2.09. The number of rotatable bonds is 7. The first-order valence-electron chi connectivity index (χ1n) is 6.99. The standard InChI is InChI=1S/C17H18F2O2/c1-2-20-17-12-13(9-10-15(17)19)6-5-11-21-16-8-4-3-7-14(16)18/h3-4,7-10,12H,2,5-6,11H2,1H3. The molecular formula is C17H18F2O2. The number of ether oxygens (including phenoxy) is 2. The summed E-state index contributed by atoms with van der Waals surface area (Å²) in [7, 11) is 0. The molecule has 0 saturated heterocycles. The Bertz CT molecular complexity index is 585. The first-order valence-corrected chi connectivity index (χ1v) is 6.99. The highest BCUT2D eigenvalue weighted by Crippen LogP contribution is 2.20. The van der Waals surface area contributed by atoms with Gasteiger partial charge >= 0.3 is 0 Å². The van der Waals surface area contributed by atoms with Gasteiger partial charge in [-0.25, -0.2) is 8.78 Å². The molecule has 0 radical (unpaired) electrons. The second-order valence-corrected chi connectivity index (χ2v) is 4.58. The van der Waals surface area contributed by atoms with Gasteiger partial charge in [-0.3, -0.25) is 0 Å². The molecule has 4 heteroatoms. The van der Waals surface area contributed by atoms with E-state index < -0.39 is 0 Å². The van der Waals surface area contributed by atoms with Crippen molar-refractivity contribution < 1.29 is 18.3 Å². The Labute approximate surface area is 123 Å². The van der Waals surface area contributed by atoms with Crippen LogP contribution in [0.15, 0.2) is 42.5 Å². The third-order valence-electron chi connectivity index (χ3n) is 3.00. The summed E-state index contributed by atoms with van der Waals surface area (Å²) >= 11 is 0. The summed E-state index contributed by atoms with van der Waals surface area (Å²) in [6, 6.07) is 11.1. The van der Waals surface area contributed by atoms with Crippen molar-refractivity contribution in [2.45, 2.75) is 19.8 Å². The fraction of sp³-hybridized carbons (Fsp3) is 0.294. The van der Waals surface area contributed by atoms with Gasteiger partial charge < -0.3 is 9.47 Å². The van der Waals surface area contributed by atoms with Gasteiger partial charge in [-0.2, -0.15) is 0 Å². The van der Waals surface area contributed by atoms with E-state index in [0.717, 1.165) is 12.0 Å². The van der Waals surface area contributed by atoms with Crippen molar-refractivity contribution >= 4 is 0 Å². The maximum atomic E-state index is 13.4. The lowest BCUT2D eigenvalue weighted by molar-refractivity contribution is 0.295. The highest BCUT2D eigenvalue weighted by Gasteiger charge is 2.05. The van der Waals surface area contributed by atoms with Gasteiger partial charge in [0.05, 0.1) is 13.2 Å². The number of aryl methyl sites for hydroxylation is 1. The van der Waals surface area contributed by atoms with Crippen LogP contribution in [-0.4, -0.2) is 13.2 Å². The largest absolute Gasteiger partial charge is 0.491 e. The van der Waals surface area contributed by atoms with Crippen LogP contribution in [0.2, 0.25) is 0 Å². The molecule has 0 aliphatic heterocycles.